The molecule has 10 heteroatoms. The van der Waals surface area contributed by atoms with Crippen molar-refractivity contribution in [2.24, 2.45) is 5.11 Å². The van der Waals surface area contributed by atoms with E-state index in [1.54, 1.807) is 22.8 Å². The molecule has 2 aromatic heterocycles. The van der Waals surface area contributed by atoms with Gasteiger partial charge in [0.05, 0.1) is 5.69 Å². The molecule has 0 aliphatic rings. The predicted molar refractivity (Wildman–Crippen MR) is 95.4 cm³/mol. The minimum absolute atomic E-state index is 0.0849. The maximum atomic E-state index is 12.7. The number of nitrogens with zero attached hydrogens (tertiary/aromatic N) is 8. The van der Waals surface area contributed by atoms with E-state index in [4.69, 9.17) is 5.53 Å². The molecule has 9 nitrogen and oxygen atoms in total. The van der Waals surface area contributed by atoms with E-state index in [9.17, 15) is 15.3 Å². The van der Waals surface area contributed by atoms with Crippen LogP contribution in [0.4, 0.5) is 5.69 Å². The van der Waals surface area contributed by atoms with Crippen molar-refractivity contribution in [2.45, 2.75) is 12.1 Å². The summed E-state index contributed by atoms with van der Waals surface area (Å²) in [6.07, 6.45) is 0. The zero-order valence-corrected chi connectivity index (χ0v) is 14.3. The van der Waals surface area contributed by atoms with Crippen LogP contribution in [0.15, 0.2) is 45.4 Å². The van der Waals surface area contributed by atoms with Gasteiger partial charge in [0.25, 0.3) is 5.56 Å². The fourth-order valence-electron chi connectivity index (χ4n) is 2.54. The zero-order chi connectivity index (χ0) is 18.7. The van der Waals surface area contributed by atoms with Crippen LogP contribution >= 0.6 is 11.8 Å². The van der Waals surface area contributed by atoms with E-state index in [1.165, 1.54) is 11.8 Å². The van der Waals surface area contributed by atoms with E-state index >= 15 is 0 Å². The summed E-state index contributed by atoms with van der Waals surface area (Å²) in [6, 6.07) is 12.7. The number of azide groups is 1. The summed E-state index contributed by atoms with van der Waals surface area (Å²) in [4.78, 5) is 15.3. The molecular formula is C16H10N8OS. The van der Waals surface area contributed by atoms with Gasteiger partial charge in [-0.1, -0.05) is 42.0 Å². The highest BCUT2D eigenvalue weighted by Gasteiger charge is 2.24. The highest BCUT2D eigenvalue weighted by Crippen LogP contribution is 2.30. The Morgan fingerprint density at radius 2 is 1.96 bits per heavy atom. The van der Waals surface area contributed by atoms with Crippen LogP contribution < -0.4 is 5.56 Å². The fraction of sp³-hybridized carbons (Fsp3) is 0.125. The number of pyridine rings is 1. The Hall–Kier alpha value is -3.72. The maximum Gasteiger partial charge on any atom is 0.291 e. The molecule has 0 N–H and O–H groups in total. The predicted octanol–water partition coefficient (Wildman–Crippen LogP) is 3.28. The van der Waals surface area contributed by atoms with Crippen LogP contribution in [0, 0.1) is 22.7 Å². The topological polar surface area (TPSA) is 136 Å². The number of aromatic nitrogens is 3. The average Bonchev–Trinajstić information content (AvgIpc) is 3.03. The van der Waals surface area contributed by atoms with E-state index in [0.717, 1.165) is 4.52 Å². The summed E-state index contributed by atoms with van der Waals surface area (Å²) in [7, 11) is 0. The van der Waals surface area contributed by atoms with Gasteiger partial charge in [0.15, 0.2) is 10.8 Å². The first-order valence-electron chi connectivity index (χ1n) is 7.43. The van der Waals surface area contributed by atoms with Gasteiger partial charge in [-0.3, -0.25) is 9.36 Å². The lowest BCUT2D eigenvalue weighted by Gasteiger charge is -2.09. The molecule has 0 aliphatic heterocycles. The van der Waals surface area contributed by atoms with Crippen LogP contribution in [0.3, 0.4) is 0 Å². The van der Waals surface area contributed by atoms with Gasteiger partial charge < -0.3 is 0 Å². The summed E-state index contributed by atoms with van der Waals surface area (Å²) < 4.78 is 2.66. The Morgan fingerprint density at radius 3 is 2.54 bits per heavy atom. The number of para-hydroxylation sites is 1. The van der Waals surface area contributed by atoms with Gasteiger partial charge in [-0.2, -0.15) is 15.0 Å². The average molecular weight is 362 g/mol. The molecular weight excluding hydrogens is 352 g/mol. The van der Waals surface area contributed by atoms with Gasteiger partial charge in [-0.05, 0) is 23.4 Å². The van der Waals surface area contributed by atoms with Crippen molar-refractivity contribution >= 4 is 23.1 Å². The number of nitriles is 2. The molecule has 0 aliphatic carbocycles. The Labute approximate surface area is 151 Å². The summed E-state index contributed by atoms with van der Waals surface area (Å²) in [6.45, 7) is 1.93. The molecule has 0 saturated carbocycles. The lowest BCUT2D eigenvalue weighted by atomic mass is 10.1. The molecule has 0 saturated heterocycles. The van der Waals surface area contributed by atoms with Gasteiger partial charge in [-0.25, -0.2) is 0 Å². The van der Waals surface area contributed by atoms with Crippen molar-refractivity contribution in [1.82, 2.24) is 14.2 Å². The molecule has 26 heavy (non-hydrogen) atoms. The number of thioether (sulfide) groups is 1. The van der Waals surface area contributed by atoms with Crippen molar-refractivity contribution in [3.8, 4) is 17.8 Å². The van der Waals surface area contributed by atoms with E-state index in [2.05, 4.69) is 15.1 Å². The highest BCUT2D eigenvalue weighted by atomic mass is 32.2. The Morgan fingerprint density at radius 1 is 1.27 bits per heavy atom. The minimum Gasteiger partial charge on any atom is -0.271 e. The van der Waals surface area contributed by atoms with Gasteiger partial charge in [0, 0.05) is 10.6 Å². The monoisotopic (exact) mass is 362 g/mol. The first kappa shape index (κ1) is 17.1. The second-order valence-corrected chi connectivity index (χ2v) is 6.17. The molecule has 0 fully saturated rings. The lowest BCUT2D eigenvalue weighted by Crippen LogP contribution is -2.19. The molecule has 0 unspecified atom stereocenters. The van der Waals surface area contributed by atoms with E-state index in [-0.39, 0.29) is 16.9 Å². The highest BCUT2D eigenvalue weighted by molar-refractivity contribution is 7.99. The Kier molecular flexibility index (Phi) is 4.63. The number of hydrogen-bond donors (Lipinski definition) is 0. The first-order valence-corrected chi connectivity index (χ1v) is 8.41. The largest absolute Gasteiger partial charge is 0.291 e. The zero-order valence-electron chi connectivity index (χ0n) is 13.5. The van der Waals surface area contributed by atoms with Crippen LogP contribution in [0.2, 0.25) is 0 Å². The quantitative estimate of drug-likeness (QED) is 0.303. The van der Waals surface area contributed by atoms with Crippen molar-refractivity contribution in [3.05, 3.63) is 62.3 Å². The molecule has 0 spiro atoms. The minimum atomic E-state index is -0.739. The molecule has 3 aromatic rings. The van der Waals surface area contributed by atoms with E-state index < -0.39 is 11.1 Å². The van der Waals surface area contributed by atoms with Crippen molar-refractivity contribution in [2.75, 3.05) is 5.75 Å². The molecule has 126 valence electrons. The molecule has 0 atom stereocenters. The van der Waals surface area contributed by atoms with Gasteiger partial charge in [0.2, 0.25) is 0 Å². The van der Waals surface area contributed by atoms with Crippen LogP contribution in [0.5, 0.6) is 0 Å². The Balaban J connectivity index is 2.61. The lowest BCUT2D eigenvalue weighted by molar-refractivity contribution is 0.835. The van der Waals surface area contributed by atoms with Gasteiger partial charge >= 0.3 is 0 Å². The number of fused-ring (bicyclic) bond motifs is 1. The normalized spacial score (nSPS) is 10.1. The fourth-order valence-corrected chi connectivity index (χ4v) is 3.26. The molecule has 3 rings (SSSR count). The van der Waals surface area contributed by atoms with E-state index in [0.29, 0.717) is 16.6 Å². The number of hydrogen-bond acceptors (Lipinski definition) is 6. The first-order chi connectivity index (χ1) is 12.7. The van der Waals surface area contributed by atoms with Gasteiger partial charge in [0.1, 0.15) is 23.3 Å². The van der Waals surface area contributed by atoms with E-state index in [1.807, 2.05) is 31.2 Å². The third kappa shape index (κ3) is 2.56. The van der Waals surface area contributed by atoms with Crippen molar-refractivity contribution in [3.63, 3.8) is 0 Å². The number of benzene rings is 1. The summed E-state index contributed by atoms with van der Waals surface area (Å²) in [5.74, 6) is 0.682. The standard InChI is InChI=1S/C16H10N8OS/c1-2-26-16-21-24-14(23(16)10-6-4-3-5-7-10)11(8-17)13(20-22-19)12(9-18)15(24)25/h3-7H,2H2,1H3. The molecule has 0 bridgehead atoms. The second kappa shape index (κ2) is 7.03. The molecule has 0 amide bonds. The third-order valence-electron chi connectivity index (χ3n) is 3.55. The van der Waals surface area contributed by atoms with Crippen molar-refractivity contribution < 1.29 is 0 Å². The van der Waals surface area contributed by atoms with Crippen LogP contribution in [-0.2, 0) is 0 Å². The second-order valence-electron chi connectivity index (χ2n) is 4.94. The molecule has 0 radical (unpaired) electrons. The summed E-state index contributed by atoms with van der Waals surface area (Å²) in [5.41, 5.74) is 8.12. The molecule has 2 heterocycles. The smallest absolute Gasteiger partial charge is 0.271 e. The van der Waals surface area contributed by atoms with Crippen LogP contribution in [-0.4, -0.2) is 19.9 Å². The Bertz CT molecular complexity index is 1190. The maximum absolute atomic E-state index is 12.7. The van der Waals surface area contributed by atoms with Crippen LogP contribution in [0.1, 0.15) is 18.1 Å². The van der Waals surface area contributed by atoms with Crippen molar-refractivity contribution in [1.29, 1.82) is 10.5 Å². The number of rotatable bonds is 4. The summed E-state index contributed by atoms with van der Waals surface area (Å²) in [5, 5.41) is 27.2. The summed E-state index contributed by atoms with van der Waals surface area (Å²) >= 11 is 1.38. The van der Waals surface area contributed by atoms with Crippen LogP contribution in [0.25, 0.3) is 21.8 Å². The van der Waals surface area contributed by atoms with Gasteiger partial charge in [-0.15, -0.1) is 5.10 Å². The third-order valence-corrected chi connectivity index (χ3v) is 4.36. The molecule has 1 aromatic carbocycles. The SMILES string of the molecule is CCSc1nn2c(=O)c(C#N)c(N=[N+]=[N-])c(C#N)c2n1-c1ccccc1.